The van der Waals surface area contributed by atoms with Crippen LogP contribution in [0.5, 0.6) is 0 Å². The van der Waals surface area contributed by atoms with E-state index in [1.165, 1.54) is 10.5 Å². The molecule has 2 amide bonds. The predicted octanol–water partition coefficient (Wildman–Crippen LogP) is 6.79. The number of nitrogens with zero attached hydrogens (tertiary/aromatic N) is 1. The van der Waals surface area contributed by atoms with Crippen molar-refractivity contribution in [3.05, 3.63) is 99.2 Å². The fraction of sp³-hybridized carbons (Fsp3) is 0.214. The van der Waals surface area contributed by atoms with Gasteiger partial charge in [0.15, 0.2) is 0 Å². The number of benzene rings is 3. The fourth-order valence-electron chi connectivity index (χ4n) is 4.04. The average molecular weight is 459 g/mol. The number of anilines is 2. The molecule has 0 fully saturated rings. The van der Waals surface area contributed by atoms with Crippen LogP contribution in [0.4, 0.5) is 11.4 Å². The zero-order valence-electron chi connectivity index (χ0n) is 19.5. The van der Waals surface area contributed by atoms with Crippen LogP contribution in [0.1, 0.15) is 47.6 Å². The molecule has 0 radical (unpaired) electrons. The number of rotatable bonds is 5. The van der Waals surface area contributed by atoms with Gasteiger partial charge in [0.05, 0.1) is 11.3 Å². The molecule has 0 spiro atoms. The van der Waals surface area contributed by atoms with Gasteiger partial charge in [-0.05, 0) is 73.2 Å². The van der Waals surface area contributed by atoms with Gasteiger partial charge in [0.1, 0.15) is 5.70 Å². The average Bonchev–Trinajstić information content (AvgIpc) is 3.00. The summed E-state index contributed by atoms with van der Waals surface area (Å²) in [6, 6.07) is 19.0. The summed E-state index contributed by atoms with van der Waals surface area (Å²) >= 11 is 6.31. The van der Waals surface area contributed by atoms with Gasteiger partial charge < -0.3 is 5.32 Å². The first-order chi connectivity index (χ1) is 15.7. The second-order valence-corrected chi connectivity index (χ2v) is 9.26. The van der Waals surface area contributed by atoms with Crippen LogP contribution >= 0.6 is 11.6 Å². The summed E-state index contributed by atoms with van der Waals surface area (Å²) < 4.78 is 0. The number of hydrogen-bond donors (Lipinski definition) is 1. The van der Waals surface area contributed by atoms with Crippen molar-refractivity contribution < 1.29 is 9.59 Å². The van der Waals surface area contributed by atoms with Crippen LogP contribution in [-0.2, 0) is 9.59 Å². The van der Waals surface area contributed by atoms with Crippen molar-refractivity contribution in [1.29, 1.82) is 0 Å². The monoisotopic (exact) mass is 458 g/mol. The summed E-state index contributed by atoms with van der Waals surface area (Å²) in [5.41, 5.74) is 6.68. The number of nitrogens with one attached hydrogen (secondary N) is 1. The molecule has 1 aliphatic rings. The van der Waals surface area contributed by atoms with Gasteiger partial charge in [-0.2, -0.15) is 0 Å². The van der Waals surface area contributed by atoms with Gasteiger partial charge in [-0.15, -0.1) is 0 Å². The van der Waals surface area contributed by atoms with Crippen molar-refractivity contribution in [3.8, 4) is 0 Å². The molecule has 0 saturated carbocycles. The summed E-state index contributed by atoms with van der Waals surface area (Å²) in [7, 11) is 0. The Kier molecular flexibility index (Phi) is 6.13. The highest BCUT2D eigenvalue weighted by molar-refractivity contribution is 6.46. The number of amides is 2. The quantitative estimate of drug-likeness (QED) is 0.428. The van der Waals surface area contributed by atoms with Crippen LogP contribution in [0.15, 0.2) is 66.4 Å². The first kappa shape index (κ1) is 22.8. The first-order valence-corrected chi connectivity index (χ1v) is 11.4. The minimum atomic E-state index is -0.400. The number of halogens is 1. The van der Waals surface area contributed by atoms with Gasteiger partial charge in [0, 0.05) is 10.7 Å². The normalized spacial score (nSPS) is 14.0. The van der Waals surface area contributed by atoms with Gasteiger partial charge in [0.25, 0.3) is 11.8 Å². The number of hydrogen-bond acceptors (Lipinski definition) is 3. The van der Waals surface area contributed by atoms with Gasteiger partial charge in [-0.1, -0.05) is 67.4 Å². The Balaban J connectivity index is 1.82. The van der Waals surface area contributed by atoms with E-state index in [0.29, 0.717) is 22.2 Å². The van der Waals surface area contributed by atoms with Crippen LogP contribution in [0.2, 0.25) is 5.02 Å². The number of carbonyl (C=O) groups is 2. The summed E-state index contributed by atoms with van der Waals surface area (Å²) in [5, 5.41) is 3.74. The molecule has 1 aliphatic heterocycles. The summed E-state index contributed by atoms with van der Waals surface area (Å²) in [4.78, 5) is 28.5. The highest BCUT2D eigenvalue weighted by atomic mass is 35.5. The maximum Gasteiger partial charge on any atom is 0.282 e. The number of aryl methyl sites for hydroxylation is 3. The number of carbonyl (C=O) groups excluding carboxylic acids is 2. The fourth-order valence-corrected chi connectivity index (χ4v) is 4.22. The topological polar surface area (TPSA) is 49.4 Å². The molecule has 33 heavy (non-hydrogen) atoms. The number of imide groups is 1. The van der Waals surface area contributed by atoms with E-state index in [4.69, 9.17) is 11.6 Å². The second-order valence-electron chi connectivity index (χ2n) is 8.85. The van der Waals surface area contributed by atoms with Crippen molar-refractivity contribution in [2.75, 3.05) is 10.2 Å². The Hall–Kier alpha value is -3.37. The standard InChI is InChI=1S/C28H27ClN2O2/c1-16(2)20-8-10-21(11-9-20)30-26-25(23-13-6-17(3)14-19(23)5)27(32)31(28(26)33)22-12-7-18(4)24(29)15-22/h6-16,30H,1-5H3. The maximum absolute atomic E-state index is 13.7. The Morgan fingerprint density at radius 2 is 1.52 bits per heavy atom. The molecule has 0 unspecified atom stereocenters. The van der Waals surface area contributed by atoms with Crippen LogP contribution in [0.3, 0.4) is 0 Å². The minimum Gasteiger partial charge on any atom is -0.350 e. The molecule has 3 aromatic carbocycles. The first-order valence-electron chi connectivity index (χ1n) is 11.0. The van der Waals surface area contributed by atoms with Crippen molar-refractivity contribution in [2.24, 2.45) is 0 Å². The van der Waals surface area contributed by atoms with Crippen molar-refractivity contribution in [2.45, 2.75) is 40.5 Å². The smallest absolute Gasteiger partial charge is 0.282 e. The summed E-state index contributed by atoms with van der Waals surface area (Å²) in [6.07, 6.45) is 0. The molecule has 3 aromatic rings. The van der Waals surface area contributed by atoms with E-state index in [2.05, 4.69) is 19.2 Å². The molecular formula is C28H27ClN2O2. The highest BCUT2D eigenvalue weighted by Gasteiger charge is 2.40. The Labute approximate surface area is 199 Å². The van der Waals surface area contributed by atoms with Crippen LogP contribution in [0.25, 0.3) is 5.57 Å². The lowest BCUT2D eigenvalue weighted by Crippen LogP contribution is -2.32. The molecule has 4 nitrogen and oxygen atoms in total. The highest BCUT2D eigenvalue weighted by Crippen LogP contribution is 2.36. The summed E-state index contributed by atoms with van der Waals surface area (Å²) in [5.74, 6) is -0.364. The lowest BCUT2D eigenvalue weighted by atomic mass is 9.97. The van der Waals surface area contributed by atoms with E-state index in [-0.39, 0.29) is 11.6 Å². The molecule has 1 N–H and O–H groups in total. The second kappa shape index (κ2) is 8.87. The zero-order chi connectivity index (χ0) is 23.9. The molecular weight excluding hydrogens is 432 g/mol. The lowest BCUT2D eigenvalue weighted by molar-refractivity contribution is -0.120. The van der Waals surface area contributed by atoms with E-state index in [1.54, 1.807) is 12.1 Å². The molecule has 0 atom stereocenters. The molecule has 0 aliphatic carbocycles. The van der Waals surface area contributed by atoms with E-state index < -0.39 is 5.91 Å². The minimum absolute atomic E-state index is 0.265. The SMILES string of the molecule is Cc1ccc(C2=C(Nc3ccc(C(C)C)cc3)C(=O)N(c3ccc(C)c(Cl)c3)C2=O)c(C)c1. The van der Waals surface area contributed by atoms with Crippen molar-refractivity contribution >= 4 is 40.4 Å². The molecule has 5 heteroatoms. The van der Waals surface area contributed by atoms with E-state index in [9.17, 15) is 9.59 Å². The largest absolute Gasteiger partial charge is 0.350 e. The lowest BCUT2D eigenvalue weighted by Gasteiger charge is -2.16. The van der Waals surface area contributed by atoms with Crippen LogP contribution in [0, 0.1) is 20.8 Å². The predicted molar refractivity (Wildman–Crippen MR) is 136 cm³/mol. The summed E-state index contributed by atoms with van der Waals surface area (Å²) in [6.45, 7) is 10.1. The molecule has 0 saturated heterocycles. The van der Waals surface area contributed by atoms with Crippen molar-refractivity contribution in [3.63, 3.8) is 0 Å². The Morgan fingerprint density at radius 1 is 0.818 bits per heavy atom. The van der Waals surface area contributed by atoms with Crippen molar-refractivity contribution in [1.82, 2.24) is 0 Å². The third kappa shape index (κ3) is 4.31. The van der Waals surface area contributed by atoms with Crippen LogP contribution < -0.4 is 10.2 Å². The van der Waals surface area contributed by atoms with E-state index >= 15 is 0 Å². The molecule has 0 bridgehead atoms. The van der Waals surface area contributed by atoms with E-state index in [1.807, 2.05) is 69.3 Å². The van der Waals surface area contributed by atoms with E-state index in [0.717, 1.165) is 27.9 Å². The molecule has 168 valence electrons. The Bertz CT molecular complexity index is 1290. The van der Waals surface area contributed by atoms with Gasteiger partial charge in [-0.25, -0.2) is 4.90 Å². The zero-order valence-corrected chi connectivity index (χ0v) is 20.2. The third-order valence-electron chi connectivity index (χ3n) is 6.00. The molecule has 0 aromatic heterocycles. The maximum atomic E-state index is 13.7. The van der Waals surface area contributed by atoms with Gasteiger partial charge >= 0.3 is 0 Å². The molecule has 4 rings (SSSR count). The third-order valence-corrected chi connectivity index (χ3v) is 6.40. The van der Waals surface area contributed by atoms with Gasteiger partial charge in [0.2, 0.25) is 0 Å². The van der Waals surface area contributed by atoms with Crippen LogP contribution in [-0.4, -0.2) is 11.8 Å². The Morgan fingerprint density at radius 3 is 2.12 bits per heavy atom. The van der Waals surface area contributed by atoms with Gasteiger partial charge in [-0.3, -0.25) is 9.59 Å². The molecule has 1 heterocycles.